The summed E-state index contributed by atoms with van der Waals surface area (Å²) in [6, 6.07) is 17.9. The number of fused-ring (bicyclic) bond motifs is 1. The number of nitrogens with one attached hydrogen (secondary N) is 3. The van der Waals surface area contributed by atoms with E-state index in [4.69, 9.17) is 42.8 Å². The fourth-order valence-corrected chi connectivity index (χ4v) is 6.39. The first-order chi connectivity index (χ1) is 22.4. The third-order valence-corrected chi connectivity index (χ3v) is 8.86. The van der Waals surface area contributed by atoms with Crippen molar-refractivity contribution in [3.8, 4) is 34.1 Å². The van der Waals surface area contributed by atoms with Crippen LogP contribution in [0.1, 0.15) is 29.7 Å². The number of amides is 1. The van der Waals surface area contributed by atoms with Gasteiger partial charge in [0, 0.05) is 59.7 Å². The molecule has 0 spiro atoms. The van der Waals surface area contributed by atoms with E-state index in [0.29, 0.717) is 65.8 Å². The van der Waals surface area contributed by atoms with Gasteiger partial charge >= 0.3 is 0 Å². The molecule has 6 rings (SSSR count). The van der Waals surface area contributed by atoms with Gasteiger partial charge in [0.2, 0.25) is 17.7 Å². The Labute approximate surface area is 277 Å². The van der Waals surface area contributed by atoms with Crippen LogP contribution in [-0.2, 0) is 24.4 Å². The van der Waals surface area contributed by atoms with Crippen molar-refractivity contribution in [1.29, 1.82) is 0 Å². The Kier molecular flexibility index (Phi) is 9.70. The van der Waals surface area contributed by atoms with Gasteiger partial charge in [0.05, 0.1) is 53.9 Å². The lowest BCUT2D eigenvalue weighted by Crippen LogP contribution is -2.35. The van der Waals surface area contributed by atoms with E-state index in [1.807, 2.05) is 72.5 Å². The zero-order valence-corrected chi connectivity index (χ0v) is 27.4. The van der Waals surface area contributed by atoms with Crippen LogP contribution in [0.5, 0.6) is 11.8 Å². The highest BCUT2D eigenvalue weighted by atomic mass is 35.5. The predicted octanol–water partition coefficient (Wildman–Crippen LogP) is 5.62. The van der Waals surface area contributed by atoms with E-state index in [0.717, 1.165) is 45.1 Å². The SMILES string of the molecule is CNCc1cc(Cl)c(Cn2ncc3c(-c4cccc(-c5ccc(CNCC6CCC(=O)N6)c(OC)n5)c4Cl)cccc32)nc1OC. The zero-order chi connectivity index (χ0) is 32.2. The topological polar surface area (TPSA) is 115 Å². The van der Waals surface area contributed by atoms with Gasteiger partial charge < -0.3 is 25.4 Å². The minimum atomic E-state index is 0.106. The number of aromatic nitrogens is 4. The van der Waals surface area contributed by atoms with Crippen molar-refractivity contribution in [2.45, 2.75) is 38.5 Å². The first-order valence-corrected chi connectivity index (χ1v) is 15.8. The van der Waals surface area contributed by atoms with E-state index in [9.17, 15) is 4.79 Å². The highest BCUT2D eigenvalue weighted by Gasteiger charge is 2.21. The van der Waals surface area contributed by atoms with Crippen molar-refractivity contribution >= 4 is 40.0 Å². The number of pyridine rings is 2. The number of hydrogen-bond donors (Lipinski definition) is 3. The van der Waals surface area contributed by atoms with Crippen molar-refractivity contribution in [2.24, 2.45) is 0 Å². The number of nitrogens with zero attached hydrogens (tertiary/aromatic N) is 4. The van der Waals surface area contributed by atoms with Crippen LogP contribution in [0, 0.1) is 0 Å². The monoisotopic (exact) mass is 659 g/mol. The average Bonchev–Trinajstić information content (AvgIpc) is 3.68. The molecule has 4 heterocycles. The first-order valence-electron chi connectivity index (χ1n) is 15.0. The van der Waals surface area contributed by atoms with Crippen molar-refractivity contribution < 1.29 is 14.3 Å². The molecule has 3 N–H and O–H groups in total. The Morgan fingerprint density at radius 2 is 1.72 bits per heavy atom. The molecule has 1 aliphatic rings. The maximum Gasteiger partial charge on any atom is 0.220 e. The highest BCUT2D eigenvalue weighted by Crippen LogP contribution is 2.39. The number of rotatable bonds is 12. The molecule has 0 saturated carbocycles. The van der Waals surface area contributed by atoms with Gasteiger partial charge in [-0.3, -0.25) is 9.48 Å². The van der Waals surface area contributed by atoms with Crippen molar-refractivity contribution in [3.05, 3.63) is 87.7 Å². The van der Waals surface area contributed by atoms with Gasteiger partial charge in [0.1, 0.15) is 0 Å². The summed E-state index contributed by atoms with van der Waals surface area (Å²) in [5, 5.41) is 16.3. The molecule has 238 valence electrons. The van der Waals surface area contributed by atoms with Crippen LogP contribution < -0.4 is 25.4 Å². The van der Waals surface area contributed by atoms with Crippen molar-refractivity contribution in [1.82, 2.24) is 35.7 Å². The number of ether oxygens (including phenoxy) is 2. The normalized spacial score (nSPS) is 14.5. The fourth-order valence-electron chi connectivity index (χ4n) is 5.84. The molecule has 5 aromatic rings. The third-order valence-electron chi connectivity index (χ3n) is 8.12. The lowest BCUT2D eigenvalue weighted by Gasteiger charge is -2.15. The summed E-state index contributed by atoms with van der Waals surface area (Å²) in [4.78, 5) is 21.0. The largest absolute Gasteiger partial charge is 0.481 e. The number of carbonyl (C=O) groups excluding carboxylic acids is 1. The molecule has 1 saturated heterocycles. The number of carbonyl (C=O) groups is 1. The molecule has 0 bridgehead atoms. The van der Waals surface area contributed by atoms with Gasteiger partial charge in [0.25, 0.3) is 0 Å². The predicted molar refractivity (Wildman–Crippen MR) is 180 cm³/mol. The molecule has 1 amide bonds. The first kappa shape index (κ1) is 31.7. The second kappa shape index (κ2) is 14.0. The molecule has 1 unspecified atom stereocenters. The molecule has 0 radical (unpaired) electrons. The van der Waals surface area contributed by atoms with Crippen LogP contribution in [0.25, 0.3) is 33.3 Å². The minimum Gasteiger partial charge on any atom is -0.481 e. The summed E-state index contributed by atoms with van der Waals surface area (Å²) in [5.41, 5.74) is 6.70. The van der Waals surface area contributed by atoms with Crippen LogP contribution in [-0.4, -0.2) is 59.5 Å². The smallest absolute Gasteiger partial charge is 0.220 e. The van der Waals surface area contributed by atoms with Crippen LogP contribution in [0.3, 0.4) is 0 Å². The molecule has 3 aromatic heterocycles. The van der Waals surface area contributed by atoms with E-state index in [2.05, 4.69) is 20.9 Å². The van der Waals surface area contributed by atoms with Crippen LogP contribution in [0.4, 0.5) is 0 Å². The number of benzene rings is 2. The van der Waals surface area contributed by atoms with E-state index in [-0.39, 0.29) is 11.9 Å². The summed E-state index contributed by atoms with van der Waals surface area (Å²) in [5.74, 6) is 1.16. The maximum absolute atomic E-state index is 11.5. The van der Waals surface area contributed by atoms with E-state index >= 15 is 0 Å². The van der Waals surface area contributed by atoms with Crippen LogP contribution >= 0.6 is 23.2 Å². The Balaban J connectivity index is 1.27. The summed E-state index contributed by atoms with van der Waals surface area (Å²) >= 11 is 13.7. The summed E-state index contributed by atoms with van der Waals surface area (Å²) < 4.78 is 13.0. The standard InChI is InChI=1S/C34H35Cl2N7O3/c1-37-15-21-14-27(35)29(42-34(21)46-3)19-43-30-9-5-6-23(26(30)18-39-43)24-7-4-8-25(32(24)36)28-12-10-20(33(41-28)45-2)16-38-17-22-11-13-31(44)40-22/h4-10,12,14,18,22,37-38H,11,13,15-17,19H2,1-3H3,(H,40,44). The minimum absolute atomic E-state index is 0.106. The number of methoxy groups -OCH3 is 2. The maximum atomic E-state index is 11.5. The Bertz CT molecular complexity index is 1890. The third kappa shape index (κ3) is 6.52. The Morgan fingerprint density at radius 3 is 2.48 bits per heavy atom. The van der Waals surface area contributed by atoms with Gasteiger partial charge in [-0.1, -0.05) is 59.6 Å². The fraction of sp³-hybridized carbons (Fsp3) is 0.294. The molecule has 1 aliphatic heterocycles. The van der Waals surface area contributed by atoms with E-state index < -0.39 is 0 Å². The lowest BCUT2D eigenvalue weighted by atomic mass is 9.98. The van der Waals surface area contributed by atoms with Crippen molar-refractivity contribution in [2.75, 3.05) is 27.8 Å². The van der Waals surface area contributed by atoms with Gasteiger partial charge in [-0.2, -0.15) is 5.10 Å². The molecule has 2 aromatic carbocycles. The van der Waals surface area contributed by atoms with Gasteiger partial charge in [-0.25, -0.2) is 9.97 Å². The van der Waals surface area contributed by atoms with E-state index in [1.54, 1.807) is 14.2 Å². The summed E-state index contributed by atoms with van der Waals surface area (Å²) in [6.45, 7) is 2.22. The zero-order valence-electron chi connectivity index (χ0n) is 25.9. The summed E-state index contributed by atoms with van der Waals surface area (Å²) in [6.07, 6.45) is 3.26. The molecule has 1 fully saturated rings. The quantitative estimate of drug-likeness (QED) is 0.158. The van der Waals surface area contributed by atoms with Crippen molar-refractivity contribution in [3.63, 3.8) is 0 Å². The Hall–Kier alpha value is -4.22. The highest BCUT2D eigenvalue weighted by molar-refractivity contribution is 6.36. The number of halogens is 2. The molecule has 0 aliphatic carbocycles. The molecule has 46 heavy (non-hydrogen) atoms. The van der Waals surface area contributed by atoms with Gasteiger partial charge in [-0.05, 0) is 37.2 Å². The average molecular weight is 661 g/mol. The molecule has 1 atom stereocenters. The van der Waals surface area contributed by atoms with Gasteiger partial charge in [0.15, 0.2) is 0 Å². The van der Waals surface area contributed by atoms with Crippen LogP contribution in [0.2, 0.25) is 10.0 Å². The second-order valence-corrected chi connectivity index (χ2v) is 11.9. The molecular formula is C34H35Cl2N7O3. The number of hydrogen-bond acceptors (Lipinski definition) is 8. The summed E-state index contributed by atoms with van der Waals surface area (Å²) in [7, 11) is 5.07. The molecule has 12 heteroatoms. The molecule has 10 nitrogen and oxygen atoms in total. The van der Waals surface area contributed by atoms with E-state index in [1.165, 1.54) is 0 Å². The molecular weight excluding hydrogens is 625 g/mol. The Morgan fingerprint density at radius 1 is 0.957 bits per heavy atom. The van der Waals surface area contributed by atoms with Gasteiger partial charge in [-0.15, -0.1) is 0 Å². The lowest BCUT2D eigenvalue weighted by molar-refractivity contribution is -0.119. The second-order valence-electron chi connectivity index (χ2n) is 11.1. The van der Waals surface area contributed by atoms with Crippen LogP contribution in [0.15, 0.2) is 60.8 Å².